The van der Waals surface area contributed by atoms with Gasteiger partial charge in [-0.05, 0) is 31.5 Å². The van der Waals surface area contributed by atoms with Crippen molar-refractivity contribution in [1.29, 1.82) is 0 Å². The summed E-state index contributed by atoms with van der Waals surface area (Å²) in [5, 5.41) is 20.4. The Morgan fingerprint density at radius 3 is 2.60 bits per heavy atom. The molecule has 0 atom stereocenters. The van der Waals surface area contributed by atoms with E-state index in [0.717, 1.165) is 43.9 Å². The third-order valence-electron chi connectivity index (χ3n) is 3.60. The van der Waals surface area contributed by atoms with Crippen LogP contribution in [0, 0.1) is 13.8 Å². The zero-order chi connectivity index (χ0) is 17.4. The summed E-state index contributed by atoms with van der Waals surface area (Å²) in [6, 6.07) is 3.97. The fourth-order valence-electron chi connectivity index (χ4n) is 2.44. The fraction of sp³-hybridized carbons (Fsp3) is 0.188. The number of aromatic nitrogens is 6. The summed E-state index contributed by atoms with van der Waals surface area (Å²) in [6.07, 6.45) is 5.45. The average molecular weight is 352 g/mol. The molecule has 0 amide bonds. The van der Waals surface area contributed by atoms with Gasteiger partial charge in [0.25, 0.3) is 0 Å². The van der Waals surface area contributed by atoms with E-state index in [4.69, 9.17) is 4.98 Å². The van der Waals surface area contributed by atoms with Crippen LogP contribution in [0.3, 0.4) is 0 Å². The number of fused-ring (bicyclic) bond motifs is 1. The van der Waals surface area contributed by atoms with Crippen LogP contribution in [-0.4, -0.2) is 29.9 Å². The van der Waals surface area contributed by atoms with Crippen LogP contribution in [0.25, 0.3) is 11.0 Å². The van der Waals surface area contributed by atoms with Crippen LogP contribution in [0.2, 0.25) is 0 Å². The predicted molar refractivity (Wildman–Crippen MR) is 98.7 cm³/mol. The van der Waals surface area contributed by atoms with Gasteiger partial charge in [0.15, 0.2) is 0 Å². The van der Waals surface area contributed by atoms with Gasteiger partial charge in [0.1, 0.15) is 10.8 Å². The Hall–Kier alpha value is -3.07. The lowest BCUT2D eigenvalue weighted by Crippen LogP contribution is -1.98. The molecule has 4 aromatic heterocycles. The molecule has 0 aliphatic heterocycles. The maximum atomic E-state index is 4.69. The third kappa shape index (κ3) is 3.26. The van der Waals surface area contributed by atoms with Crippen LogP contribution in [0.15, 0.2) is 30.7 Å². The number of nitrogens with one attached hydrogen (secondary N) is 2. The first-order chi connectivity index (χ1) is 12.1. The van der Waals surface area contributed by atoms with Gasteiger partial charge in [0.2, 0.25) is 5.13 Å². The van der Waals surface area contributed by atoms with E-state index in [1.54, 1.807) is 17.1 Å². The summed E-state index contributed by atoms with van der Waals surface area (Å²) >= 11 is 1.49. The zero-order valence-electron chi connectivity index (χ0n) is 14.0. The first-order valence-corrected chi connectivity index (χ1v) is 8.49. The van der Waals surface area contributed by atoms with Crippen molar-refractivity contribution in [3.63, 3.8) is 0 Å². The molecule has 126 valence electrons. The Bertz CT molecular complexity index is 1050. The largest absolute Gasteiger partial charge is 0.352 e. The Labute approximate surface area is 148 Å². The number of pyridine rings is 2. The molecule has 0 bridgehead atoms. The van der Waals surface area contributed by atoms with Gasteiger partial charge in [-0.3, -0.25) is 9.67 Å². The highest BCUT2D eigenvalue weighted by Gasteiger charge is 2.09. The number of rotatable bonds is 4. The zero-order valence-corrected chi connectivity index (χ0v) is 14.8. The summed E-state index contributed by atoms with van der Waals surface area (Å²) < 4.78 is 1.74. The van der Waals surface area contributed by atoms with Crippen molar-refractivity contribution < 1.29 is 0 Å². The molecule has 0 saturated heterocycles. The highest BCUT2D eigenvalue weighted by atomic mass is 32.1. The van der Waals surface area contributed by atoms with E-state index in [-0.39, 0.29) is 0 Å². The van der Waals surface area contributed by atoms with Gasteiger partial charge in [-0.15, -0.1) is 10.2 Å². The fourth-order valence-corrected chi connectivity index (χ4v) is 3.03. The van der Waals surface area contributed by atoms with Crippen molar-refractivity contribution in [3.8, 4) is 0 Å². The first kappa shape index (κ1) is 15.5. The van der Waals surface area contributed by atoms with Gasteiger partial charge < -0.3 is 10.6 Å². The SMILES string of the molecule is Cc1nnc(Nc2nc3cc(Nc4cnn(C)c4)cnc3cc2C)s1. The second kappa shape index (κ2) is 6.10. The summed E-state index contributed by atoms with van der Waals surface area (Å²) in [7, 11) is 1.88. The Morgan fingerprint density at radius 2 is 1.88 bits per heavy atom. The summed E-state index contributed by atoms with van der Waals surface area (Å²) in [5.41, 5.74) is 4.39. The van der Waals surface area contributed by atoms with Gasteiger partial charge >= 0.3 is 0 Å². The van der Waals surface area contributed by atoms with Gasteiger partial charge in [0.05, 0.1) is 34.8 Å². The third-order valence-corrected chi connectivity index (χ3v) is 4.36. The second-order valence-corrected chi connectivity index (χ2v) is 6.88. The van der Waals surface area contributed by atoms with Gasteiger partial charge in [-0.1, -0.05) is 11.3 Å². The van der Waals surface area contributed by atoms with Crippen molar-refractivity contribution >= 4 is 44.7 Å². The molecule has 2 N–H and O–H groups in total. The van der Waals surface area contributed by atoms with E-state index in [1.807, 2.05) is 39.2 Å². The lowest BCUT2D eigenvalue weighted by molar-refractivity contribution is 0.768. The number of aryl methyl sites for hydroxylation is 3. The van der Waals surface area contributed by atoms with Crippen molar-refractivity contribution in [2.45, 2.75) is 13.8 Å². The lowest BCUT2D eigenvalue weighted by Gasteiger charge is -2.09. The van der Waals surface area contributed by atoms with Crippen molar-refractivity contribution in [1.82, 2.24) is 29.9 Å². The molecule has 4 heterocycles. The second-order valence-electron chi connectivity index (χ2n) is 5.70. The van der Waals surface area contributed by atoms with Crippen LogP contribution in [-0.2, 0) is 7.05 Å². The van der Waals surface area contributed by atoms with Crippen LogP contribution >= 0.6 is 11.3 Å². The molecule has 4 aromatic rings. The molecule has 0 saturated carbocycles. The maximum Gasteiger partial charge on any atom is 0.211 e. The summed E-state index contributed by atoms with van der Waals surface area (Å²) in [4.78, 5) is 9.18. The van der Waals surface area contributed by atoms with Crippen LogP contribution in [0.5, 0.6) is 0 Å². The number of hydrogen-bond acceptors (Lipinski definition) is 8. The highest BCUT2D eigenvalue weighted by Crippen LogP contribution is 2.26. The molecule has 8 nitrogen and oxygen atoms in total. The Balaban J connectivity index is 1.67. The van der Waals surface area contributed by atoms with Crippen molar-refractivity contribution in [3.05, 3.63) is 41.3 Å². The van der Waals surface area contributed by atoms with E-state index < -0.39 is 0 Å². The quantitative estimate of drug-likeness (QED) is 0.582. The molecule has 25 heavy (non-hydrogen) atoms. The van der Waals surface area contributed by atoms with Crippen LogP contribution < -0.4 is 10.6 Å². The van der Waals surface area contributed by atoms with E-state index in [1.165, 1.54) is 11.3 Å². The van der Waals surface area contributed by atoms with E-state index >= 15 is 0 Å². The molecule has 4 rings (SSSR count). The minimum absolute atomic E-state index is 0.727. The Morgan fingerprint density at radius 1 is 1.00 bits per heavy atom. The highest BCUT2D eigenvalue weighted by molar-refractivity contribution is 7.15. The Kier molecular flexibility index (Phi) is 3.77. The molecule has 0 fully saturated rings. The van der Waals surface area contributed by atoms with E-state index in [2.05, 4.69) is 30.9 Å². The van der Waals surface area contributed by atoms with Gasteiger partial charge in [-0.2, -0.15) is 5.10 Å². The van der Waals surface area contributed by atoms with E-state index in [9.17, 15) is 0 Å². The molecule has 0 unspecified atom stereocenters. The molecule has 9 heteroatoms. The minimum Gasteiger partial charge on any atom is -0.352 e. The number of hydrogen-bond donors (Lipinski definition) is 2. The molecule has 0 aliphatic carbocycles. The topological polar surface area (TPSA) is 93.4 Å². The molecular weight excluding hydrogens is 336 g/mol. The first-order valence-electron chi connectivity index (χ1n) is 7.67. The monoisotopic (exact) mass is 352 g/mol. The van der Waals surface area contributed by atoms with Gasteiger partial charge in [-0.25, -0.2) is 4.98 Å². The van der Waals surface area contributed by atoms with Crippen molar-refractivity contribution in [2.24, 2.45) is 7.05 Å². The molecule has 0 spiro atoms. The molecule has 0 aliphatic rings. The smallest absolute Gasteiger partial charge is 0.211 e. The molecular formula is C16H16N8S. The summed E-state index contributed by atoms with van der Waals surface area (Å²) in [5.74, 6) is 0.754. The number of anilines is 4. The minimum atomic E-state index is 0.727. The average Bonchev–Trinajstić information content (AvgIpc) is 3.17. The maximum absolute atomic E-state index is 4.69. The summed E-state index contributed by atoms with van der Waals surface area (Å²) in [6.45, 7) is 3.91. The van der Waals surface area contributed by atoms with E-state index in [0.29, 0.717) is 0 Å². The van der Waals surface area contributed by atoms with Gasteiger partial charge in [0, 0.05) is 13.2 Å². The molecule has 0 aromatic carbocycles. The normalized spacial score (nSPS) is 11.0. The van der Waals surface area contributed by atoms with Crippen LogP contribution in [0.1, 0.15) is 10.6 Å². The molecule has 0 radical (unpaired) electrons. The standard InChI is InChI=1S/C16H16N8S/c1-9-4-13-14(20-15(9)21-16-23-22-10(2)25-16)5-11(6-17-13)19-12-7-18-24(3)8-12/h4-8,19H,1-3H3,(H,20,21,23). The lowest BCUT2D eigenvalue weighted by atomic mass is 10.2. The predicted octanol–water partition coefficient (Wildman–Crippen LogP) is 3.32. The van der Waals surface area contributed by atoms with Crippen molar-refractivity contribution in [2.75, 3.05) is 10.6 Å². The number of nitrogens with zero attached hydrogens (tertiary/aromatic N) is 6. The van der Waals surface area contributed by atoms with Crippen LogP contribution in [0.4, 0.5) is 22.3 Å².